The zero-order chi connectivity index (χ0) is 13.0. The van der Waals surface area contributed by atoms with E-state index in [4.69, 9.17) is 5.11 Å². The fourth-order valence-corrected chi connectivity index (χ4v) is 2.77. The van der Waals surface area contributed by atoms with Gasteiger partial charge in [0.25, 0.3) is 0 Å². The fraction of sp³-hybridized carbons (Fsp3) is 0.538. The summed E-state index contributed by atoms with van der Waals surface area (Å²) >= 11 is 3.23. The normalized spacial score (nSPS) is 15.8. The first-order valence-corrected chi connectivity index (χ1v) is 7.09. The number of rotatable bonds is 5. The number of aromatic carboxylic acids is 1. The van der Waals surface area contributed by atoms with Crippen LogP contribution in [0.2, 0.25) is 0 Å². The SMILES string of the molecule is O=C(O)c1cc(Br)cnc1NCCC1CCCC1. The van der Waals surface area contributed by atoms with E-state index in [1.54, 1.807) is 12.3 Å². The van der Waals surface area contributed by atoms with Gasteiger partial charge in [0.05, 0.1) is 0 Å². The molecule has 0 atom stereocenters. The van der Waals surface area contributed by atoms with Crippen molar-refractivity contribution >= 4 is 27.7 Å². The van der Waals surface area contributed by atoms with Crippen molar-refractivity contribution in [2.45, 2.75) is 32.1 Å². The van der Waals surface area contributed by atoms with E-state index in [0.717, 1.165) is 18.9 Å². The predicted octanol–water partition coefficient (Wildman–Crippen LogP) is 3.53. The van der Waals surface area contributed by atoms with E-state index >= 15 is 0 Å². The Morgan fingerprint density at radius 1 is 1.50 bits per heavy atom. The van der Waals surface area contributed by atoms with E-state index in [1.165, 1.54) is 25.7 Å². The Bertz CT molecular complexity index is 431. The molecule has 4 nitrogen and oxygen atoms in total. The molecule has 0 spiro atoms. The third-order valence-corrected chi connectivity index (χ3v) is 3.84. The topological polar surface area (TPSA) is 62.2 Å². The quantitative estimate of drug-likeness (QED) is 0.873. The molecule has 1 saturated carbocycles. The Hall–Kier alpha value is -1.10. The number of hydrogen-bond donors (Lipinski definition) is 2. The molecule has 1 aliphatic carbocycles. The number of nitrogens with one attached hydrogen (secondary N) is 1. The molecule has 1 aromatic heterocycles. The highest BCUT2D eigenvalue weighted by Gasteiger charge is 2.16. The van der Waals surface area contributed by atoms with E-state index in [0.29, 0.717) is 10.3 Å². The molecular weight excluding hydrogens is 296 g/mol. The van der Waals surface area contributed by atoms with Gasteiger partial charge in [-0.3, -0.25) is 0 Å². The van der Waals surface area contributed by atoms with E-state index in [-0.39, 0.29) is 5.56 Å². The number of nitrogens with zero attached hydrogens (tertiary/aromatic N) is 1. The monoisotopic (exact) mass is 312 g/mol. The third kappa shape index (κ3) is 3.45. The largest absolute Gasteiger partial charge is 0.478 e. The van der Waals surface area contributed by atoms with Crippen molar-refractivity contribution in [2.24, 2.45) is 5.92 Å². The number of aromatic nitrogens is 1. The zero-order valence-corrected chi connectivity index (χ0v) is 11.7. The van der Waals surface area contributed by atoms with Gasteiger partial charge >= 0.3 is 5.97 Å². The molecular formula is C13H17BrN2O2. The highest BCUT2D eigenvalue weighted by atomic mass is 79.9. The van der Waals surface area contributed by atoms with Crippen LogP contribution in [-0.2, 0) is 0 Å². The summed E-state index contributed by atoms with van der Waals surface area (Å²) < 4.78 is 0.682. The maximum Gasteiger partial charge on any atom is 0.339 e. The molecule has 1 aliphatic rings. The number of carbonyl (C=O) groups is 1. The Kier molecular flexibility index (Phi) is 4.58. The van der Waals surface area contributed by atoms with Gasteiger partial charge in [-0.15, -0.1) is 0 Å². The number of pyridine rings is 1. The molecule has 0 radical (unpaired) electrons. The minimum Gasteiger partial charge on any atom is -0.478 e. The van der Waals surface area contributed by atoms with Gasteiger partial charge in [-0.1, -0.05) is 25.7 Å². The molecule has 18 heavy (non-hydrogen) atoms. The van der Waals surface area contributed by atoms with Crippen molar-refractivity contribution in [3.63, 3.8) is 0 Å². The molecule has 0 bridgehead atoms. The van der Waals surface area contributed by atoms with Gasteiger partial charge in [-0.05, 0) is 34.3 Å². The van der Waals surface area contributed by atoms with Crippen LogP contribution >= 0.6 is 15.9 Å². The van der Waals surface area contributed by atoms with Crippen molar-refractivity contribution in [1.29, 1.82) is 0 Å². The molecule has 0 amide bonds. The molecule has 5 heteroatoms. The summed E-state index contributed by atoms with van der Waals surface area (Å²) in [5.74, 6) is 0.303. The molecule has 2 N–H and O–H groups in total. The van der Waals surface area contributed by atoms with E-state index in [1.807, 2.05) is 0 Å². The van der Waals surface area contributed by atoms with Crippen LogP contribution in [0, 0.1) is 5.92 Å². The predicted molar refractivity (Wildman–Crippen MR) is 74.0 cm³/mol. The molecule has 1 heterocycles. The van der Waals surface area contributed by atoms with Crippen LogP contribution in [0.5, 0.6) is 0 Å². The molecule has 0 aliphatic heterocycles. The van der Waals surface area contributed by atoms with Crippen LogP contribution in [-0.4, -0.2) is 22.6 Å². The highest BCUT2D eigenvalue weighted by Crippen LogP contribution is 2.27. The molecule has 1 aromatic rings. The highest BCUT2D eigenvalue weighted by molar-refractivity contribution is 9.10. The molecule has 0 saturated heterocycles. The average Bonchev–Trinajstić information content (AvgIpc) is 2.84. The molecule has 98 valence electrons. The lowest BCUT2D eigenvalue weighted by Gasteiger charge is -2.11. The smallest absolute Gasteiger partial charge is 0.339 e. The molecule has 0 aromatic carbocycles. The van der Waals surface area contributed by atoms with E-state index in [2.05, 4.69) is 26.2 Å². The first-order valence-electron chi connectivity index (χ1n) is 6.29. The number of hydrogen-bond acceptors (Lipinski definition) is 3. The van der Waals surface area contributed by atoms with Crippen molar-refractivity contribution in [1.82, 2.24) is 4.98 Å². The second kappa shape index (κ2) is 6.18. The Morgan fingerprint density at radius 3 is 2.89 bits per heavy atom. The van der Waals surface area contributed by atoms with Gasteiger partial charge in [0.2, 0.25) is 0 Å². The average molecular weight is 313 g/mol. The van der Waals surface area contributed by atoms with E-state index < -0.39 is 5.97 Å². The second-order valence-corrected chi connectivity index (χ2v) is 5.64. The van der Waals surface area contributed by atoms with Crippen LogP contribution < -0.4 is 5.32 Å². The van der Waals surface area contributed by atoms with Crippen LogP contribution in [0.1, 0.15) is 42.5 Å². The minimum absolute atomic E-state index is 0.218. The fourth-order valence-electron chi connectivity index (χ4n) is 2.44. The van der Waals surface area contributed by atoms with Crippen molar-refractivity contribution in [3.8, 4) is 0 Å². The summed E-state index contributed by atoms with van der Waals surface area (Å²) in [5.41, 5.74) is 0.218. The summed E-state index contributed by atoms with van der Waals surface area (Å²) in [6.07, 6.45) is 7.99. The summed E-state index contributed by atoms with van der Waals surface area (Å²) in [6, 6.07) is 1.58. The van der Waals surface area contributed by atoms with Crippen LogP contribution in [0.3, 0.4) is 0 Å². The van der Waals surface area contributed by atoms with Crippen LogP contribution in [0.25, 0.3) is 0 Å². The second-order valence-electron chi connectivity index (χ2n) is 4.72. The first kappa shape index (κ1) is 13.3. The summed E-state index contributed by atoms with van der Waals surface area (Å²) in [7, 11) is 0. The molecule has 1 fully saturated rings. The third-order valence-electron chi connectivity index (χ3n) is 3.40. The molecule has 2 rings (SSSR count). The lowest BCUT2D eigenvalue weighted by molar-refractivity contribution is 0.0697. The Morgan fingerprint density at radius 2 is 2.22 bits per heavy atom. The zero-order valence-electron chi connectivity index (χ0n) is 10.2. The number of carboxylic acids is 1. The van der Waals surface area contributed by atoms with Gasteiger partial charge in [0.1, 0.15) is 11.4 Å². The summed E-state index contributed by atoms with van der Waals surface area (Å²) in [4.78, 5) is 15.2. The van der Waals surface area contributed by atoms with Gasteiger partial charge in [-0.2, -0.15) is 0 Å². The Balaban J connectivity index is 1.93. The maximum absolute atomic E-state index is 11.1. The Labute approximate surface area is 115 Å². The maximum atomic E-state index is 11.1. The van der Waals surface area contributed by atoms with Gasteiger partial charge in [0.15, 0.2) is 0 Å². The van der Waals surface area contributed by atoms with Crippen molar-refractivity contribution in [2.75, 3.05) is 11.9 Å². The number of halogens is 1. The number of anilines is 1. The minimum atomic E-state index is -0.952. The van der Waals surface area contributed by atoms with Gasteiger partial charge < -0.3 is 10.4 Å². The van der Waals surface area contributed by atoms with Crippen LogP contribution in [0.4, 0.5) is 5.82 Å². The summed E-state index contributed by atoms with van der Waals surface area (Å²) in [5, 5.41) is 12.2. The summed E-state index contributed by atoms with van der Waals surface area (Å²) in [6.45, 7) is 0.791. The lowest BCUT2D eigenvalue weighted by atomic mass is 10.0. The van der Waals surface area contributed by atoms with E-state index in [9.17, 15) is 4.79 Å². The standard InChI is InChI=1S/C13H17BrN2O2/c14-10-7-11(13(17)18)12(16-8-10)15-6-5-9-3-1-2-4-9/h7-9H,1-6H2,(H,15,16)(H,17,18). The van der Waals surface area contributed by atoms with Crippen molar-refractivity contribution in [3.05, 3.63) is 22.3 Å². The molecule has 0 unspecified atom stereocenters. The first-order chi connectivity index (χ1) is 8.66. The van der Waals surface area contributed by atoms with Crippen LogP contribution in [0.15, 0.2) is 16.7 Å². The number of carboxylic acid groups (broad SMARTS) is 1. The van der Waals surface area contributed by atoms with Gasteiger partial charge in [0, 0.05) is 17.2 Å². The van der Waals surface area contributed by atoms with Crippen molar-refractivity contribution < 1.29 is 9.90 Å². The lowest BCUT2D eigenvalue weighted by Crippen LogP contribution is -2.11. The van der Waals surface area contributed by atoms with Gasteiger partial charge in [-0.25, -0.2) is 9.78 Å².